The van der Waals surface area contributed by atoms with Gasteiger partial charge in [-0.3, -0.25) is 0 Å². The SMILES string of the molecule is Cc1c(F)c(F)cc(F)[c]1[Al]([c]1c(F)c(F)cc(F)c1F)[c]1c(F)c(F)cc(F)c1F. The highest BCUT2D eigenvalue weighted by Gasteiger charge is 2.43. The minimum Gasteiger partial charge on any atom is -0.208 e. The third-order valence-electron chi connectivity index (χ3n) is 4.61. The number of halogens is 11. The molecule has 0 bridgehead atoms. The maximum Gasteiger partial charge on any atom is 0.408 e. The van der Waals surface area contributed by atoms with Gasteiger partial charge in [-0.1, -0.05) is 4.43 Å². The van der Waals surface area contributed by atoms with Crippen LogP contribution >= 0.6 is 0 Å². The summed E-state index contributed by atoms with van der Waals surface area (Å²) in [5.41, 5.74) is -1.07. The van der Waals surface area contributed by atoms with Gasteiger partial charge in [0.15, 0.2) is 34.9 Å². The highest BCUT2D eigenvalue weighted by molar-refractivity contribution is 6.96. The predicted octanol–water partition coefficient (Wildman–Crippen LogP) is 4.04. The van der Waals surface area contributed by atoms with Gasteiger partial charge >= 0.3 is 14.1 Å². The first-order valence-corrected chi connectivity index (χ1v) is 9.91. The molecular weight excluding hydrogens is 464 g/mol. The summed E-state index contributed by atoms with van der Waals surface area (Å²) >= 11 is -4.95. The summed E-state index contributed by atoms with van der Waals surface area (Å²) in [6.07, 6.45) is 0. The number of rotatable bonds is 3. The van der Waals surface area contributed by atoms with Crippen LogP contribution in [-0.4, -0.2) is 14.1 Å². The molecule has 0 saturated heterocycles. The van der Waals surface area contributed by atoms with Gasteiger partial charge in [-0.15, -0.1) is 0 Å². The Kier molecular flexibility index (Phi) is 6.08. The molecule has 12 heteroatoms. The molecule has 0 aliphatic heterocycles. The summed E-state index contributed by atoms with van der Waals surface area (Å²) in [5, 5.41) is 0. The van der Waals surface area contributed by atoms with Crippen LogP contribution in [0.5, 0.6) is 0 Å². The molecule has 162 valence electrons. The standard InChI is InChI=1S/C7H4F3.2C6HF4.Al/c1-4-2-5(8)3-6(9)7(4)10;2*7-3-1-4(8)6(10)2-5(3)9;/h3H,1H3;2*1H;. The van der Waals surface area contributed by atoms with Crippen LogP contribution in [0.1, 0.15) is 5.56 Å². The van der Waals surface area contributed by atoms with Crippen molar-refractivity contribution >= 4 is 27.4 Å². The van der Waals surface area contributed by atoms with Crippen molar-refractivity contribution in [1.29, 1.82) is 0 Å². The molecule has 3 aromatic carbocycles. The summed E-state index contributed by atoms with van der Waals surface area (Å²) in [6.45, 7) is 0.647. The van der Waals surface area contributed by atoms with Crippen molar-refractivity contribution in [2.24, 2.45) is 0 Å². The molecule has 0 fully saturated rings. The molecule has 0 aromatic heterocycles. The second-order valence-corrected chi connectivity index (χ2v) is 8.99. The molecule has 31 heavy (non-hydrogen) atoms. The molecule has 0 saturated carbocycles. The van der Waals surface area contributed by atoms with E-state index in [1.807, 2.05) is 0 Å². The predicted molar refractivity (Wildman–Crippen MR) is 88.3 cm³/mol. The highest BCUT2D eigenvalue weighted by Crippen LogP contribution is 2.19. The van der Waals surface area contributed by atoms with E-state index in [-0.39, 0.29) is 18.2 Å². The quantitative estimate of drug-likeness (QED) is 0.308. The molecule has 0 radical (unpaired) electrons. The maximum absolute atomic E-state index is 14.6. The number of hydrogen-bond donors (Lipinski definition) is 0. The van der Waals surface area contributed by atoms with Gasteiger partial charge < -0.3 is 0 Å². The molecule has 3 aromatic rings. The van der Waals surface area contributed by atoms with E-state index < -0.39 is 97.0 Å². The smallest absolute Gasteiger partial charge is 0.208 e. The summed E-state index contributed by atoms with van der Waals surface area (Å²) in [4.78, 5) is 0. The number of hydrogen-bond acceptors (Lipinski definition) is 0. The lowest BCUT2D eigenvalue weighted by atomic mass is 10.2. The first kappa shape index (κ1) is 23.1. The largest absolute Gasteiger partial charge is 0.408 e. The fraction of sp³-hybridized carbons (Fsp3) is 0.0526. The molecule has 0 unspecified atom stereocenters. The van der Waals surface area contributed by atoms with E-state index in [2.05, 4.69) is 0 Å². The fourth-order valence-electron chi connectivity index (χ4n) is 3.21. The normalized spacial score (nSPS) is 11.2. The van der Waals surface area contributed by atoms with E-state index in [9.17, 15) is 48.3 Å². The van der Waals surface area contributed by atoms with Gasteiger partial charge in [-0.05, 0) is 21.3 Å². The van der Waals surface area contributed by atoms with Crippen molar-refractivity contribution < 1.29 is 48.3 Å². The Morgan fingerprint density at radius 2 is 0.710 bits per heavy atom. The Hall–Kier alpha value is -2.58. The first-order valence-electron chi connectivity index (χ1n) is 8.18. The monoisotopic (exact) mass is 470 g/mol. The van der Waals surface area contributed by atoms with Crippen molar-refractivity contribution in [2.45, 2.75) is 6.92 Å². The van der Waals surface area contributed by atoms with Gasteiger partial charge in [-0.2, -0.15) is 0 Å². The second kappa shape index (κ2) is 8.17. The Morgan fingerprint density at radius 3 is 1.06 bits per heavy atom. The van der Waals surface area contributed by atoms with Crippen LogP contribution in [0.2, 0.25) is 0 Å². The van der Waals surface area contributed by atoms with Gasteiger partial charge in [0.2, 0.25) is 0 Å². The van der Waals surface area contributed by atoms with Crippen molar-refractivity contribution in [3.8, 4) is 0 Å². The summed E-state index contributed by atoms with van der Waals surface area (Å²) in [6, 6.07) is -0.686. The third-order valence-corrected chi connectivity index (χ3v) is 8.07. The van der Waals surface area contributed by atoms with E-state index in [0.29, 0.717) is 6.92 Å². The van der Waals surface area contributed by atoms with Crippen LogP contribution in [0.15, 0.2) is 18.2 Å². The highest BCUT2D eigenvalue weighted by atomic mass is 27.2. The lowest BCUT2D eigenvalue weighted by Gasteiger charge is -2.20. The second-order valence-electron chi connectivity index (χ2n) is 6.39. The Morgan fingerprint density at radius 1 is 0.419 bits per heavy atom. The lowest BCUT2D eigenvalue weighted by molar-refractivity contribution is 0.459. The van der Waals surface area contributed by atoms with E-state index >= 15 is 0 Å². The van der Waals surface area contributed by atoms with Gasteiger partial charge in [0.25, 0.3) is 0 Å². The lowest BCUT2D eigenvalue weighted by Crippen LogP contribution is -2.59. The third kappa shape index (κ3) is 3.68. The average Bonchev–Trinajstić information content (AvgIpc) is 2.69. The molecule has 0 atom stereocenters. The Balaban J connectivity index is 2.60. The molecular formula is C19H6AlF11. The Bertz CT molecular complexity index is 1110. The van der Waals surface area contributed by atoms with Crippen molar-refractivity contribution in [3.63, 3.8) is 0 Å². The van der Waals surface area contributed by atoms with Crippen LogP contribution in [0.25, 0.3) is 0 Å². The van der Waals surface area contributed by atoms with E-state index in [4.69, 9.17) is 0 Å². The summed E-state index contributed by atoms with van der Waals surface area (Å²) < 4.78 is 151. The van der Waals surface area contributed by atoms with Gasteiger partial charge in [-0.25, -0.2) is 48.3 Å². The Labute approximate surface area is 170 Å². The summed E-state index contributed by atoms with van der Waals surface area (Å²) in [7, 11) is 0. The molecule has 0 amide bonds. The minimum absolute atomic E-state index is 0.144. The van der Waals surface area contributed by atoms with Crippen molar-refractivity contribution in [3.05, 3.63) is 87.8 Å². The number of benzene rings is 3. The molecule has 0 aliphatic carbocycles. The molecule has 0 aliphatic rings. The van der Waals surface area contributed by atoms with Crippen LogP contribution in [0, 0.1) is 70.9 Å². The zero-order valence-electron chi connectivity index (χ0n) is 15.0. The maximum atomic E-state index is 14.6. The fourth-order valence-corrected chi connectivity index (χ4v) is 6.56. The van der Waals surface area contributed by atoms with Crippen molar-refractivity contribution in [2.75, 3.05) is 0 Å². The zero-order valence-corrected chi connectivity index (χ0v) is 16.1. The molecule has 0 heterocycles. The van der Waals surface area contributed by atoms with E-state index in [1.54, 1.807) is 0 Å². The van der Waals surface area contributed by atoms with Crippen molar-refractivity contribution in [1.82, 2.24) is 0 Å². The van der Waals surface area contributed by atoms with E-state index in [0.717, 1.165) is 0 Å². The topological polar surface area (TPSA) is 0 Å². The first-order chi connectivity index (χ1) is 14.4. The van der Waals surface area contributed by atoms with Crippen LogP contribution in [0.4, 0.5) is 48.3 Å². The summed E-state index contributed by atoms with van der Waals surface area (Å²) in [5.74, 6) is -22.7. The van der Waals surface area contributed by atoms with Gasteiger partial charge in [0, 0.05) is 18.2 Å². The molecule has 3 rings (SSSR count). The van der Waals surface area contributed by atoms with Gasteiger partial charge in [0.1, 0.15) is 29.1 Å². The van der Waals surface area contributed by atoms with Gasteiger partial charge in [0.05, 0.1) is 0 Å². The molecule has 0 spiro atoms. The average molecular weight is 470 g/mol. The zero-order chi connectivity index (χ0) is 23.4. The molecule has 0 N–H and O–H groups in total. The van der Waals surface area contributed by atoms with Crippen LogP contribution in [-0.2, 0) is 0 Å². The molecule has 0 nitrogen and oxygen atoms in total. The van der Waals surface area contributed by atoms with Crippen LogP contribution in [0.3, 0.4) is 0 Å². The van der Waals surface area contributed by atoms with E-state index in [1.165, 1.54) is 0 Å². The van der Waals surface area contributed by atoms with Crippen LogP contribution < -0.4 is 13.3 Å². The minimum atomic E-state index is -4.95.